The summed E-state index contributed by atoms with van der Waals surface area (Å²) in [6, 6.07) is 6.50. The van der Waals surface area contributed by atoms with Crippen molar-refractivity contribution in [1.29, 1.82) is 0 Å². The number of ether oxygens (including phenoxy) is 1. The molecule has 1 aliphatic heterocycles. The Morgan fingerprint density at radius 2 is 2.23 bits per heavy atom. The van der Waals surface area contributed by atoms with Gasteiger partial charge in [0.25, 0.3) is 0 Å². The van der Waals surface area contributed by atoms with Crippen molar-refractivity contribution in [3.63, 3.8) is 0 Å². The van der Waals surface area contributed by atoms with Gasteiger partial charge in [0, 0.05) is 32.1 Å². The summed E-state index contributed by atoms with van der Waals surface area (Å²) in [5.41, 5.74) is 2.61. The minimum Gasteiger partial charge on any atom is -0.496 e. The minimum absolute atomic E-state index is 0.0600. The predicted molar refractivity (Wildman–Crippen MR) is 89.2 cm³/mol. The highest BCUT2D eigenvalue weighted by atomic mass is 16.5. The van der Waals surface area contributed by atoms with Crippen LogP contribution in [0.25, 0.3) is 0 Å². The van der Waals surface area contributed by atoms with Gasteiger partial charge in [0.1, 0.15) is 5.75 Å². The first-order valence-corrected chi connectivity index (χ1v) is 8.13. The number of hydrogen-bond acceptors (Lipinski definition) is 3. The van der Waals surface area contributed by atoms with Crippen molar-refractivity contribution in [1.82, 2.24) is 10.2 Å². The zero-order valence-corrected chi connectivity index (χ0v) is 14.2. The number of hydrogen-bond donors (Lipinski definition) is 1. The van der Waals surface area contributed by atoms with E-state index in [0.717, 1.165) is 38.3 Å². The van der Waals surface area contributed by atoms with Gasteiger partial charge in [0.2, 0.25) is 5.91 Å². The highest BCUT2D eigenvalue weighted by Crippen LogP contribution is 2.27. The van der Waals surface area contributed by atoms with E-state index in [-0.39, 0.29) is 5.91 Å². The van der Waals surface area contributed by atoms with E-state index in [0.29, 0.717) is 11.8 Å². The van der Waals surface area contributed by atoms with Crippen molar-refractivity contribution in [2.24, 2.45) is 5.92 Å². The third kappa shape index (κ3) is 4.47. The molecule has 122 valence electrons. The molecule has 1 aromatic rings. The summed E-state index contributed by atoms with van der Waals surface area (Å²) in [6.45, 7) is 9.83. The molecule has 1 atom stereocenters. The molecule has 1 unspecified atom stereocenters. The fourth-order valence-corrected chi connectivity index (χ4v) is 3.03. The average molecular weight is 304 g/mol. The molecule has 0 spiro atoms. The van der Waals surface area contributed by atoms with Crippen LogP contribution in [0, 0.1) is 5.92 Å². The van der Waals surface area contributed by atoms with E-state index in [1.165, 1.54) is 11.1 Å². The van der Waals surface area contributed by atoms with E-state index in [1.807, 2.05) is 0 Å². The lowest BCUT2D eigenvalue weighted by atomic mass is 10.00. The van der Waals surface area contributed by atoms with Crippen LogP contribution < -0.4 is 10.1 Å². The monoisotopic (exact) mass is 304 g/mol. The van der Waals surface area contributed by atoms with Crippen LogP contribution in [0.2, 0.25) is 0 Å². The summed E-state index contributed by atoms with van der Waals surface area (Å²) in [5.74, 6) is 2.11. The van der Waals surface area contributed by atoms with Gasteiger partial charge in [-0.2, -0.15) is 0 Å². The number of likely N-dealkylation sites (tertiary alicyclic amines) is 1. The number of benzene rings is 1. The highest BCUT2D eigenvalue weighted by Gasteiger charge is 2.23. The molecular weight excluding hydrogens is 276 g/mol. The summed E-state index contributed by atoms with van der Waals surface area (Å²) < 4.78 is 5.51. The molecule has 0 saturated carbocycles. The van der Waals surface area contributed by atoms with Crippen LogP contribution in [0.5, 0.6) is 5.75 Å². The van der Waals surface area contributed by atoms with Gasteiger partial charge >= 0.3 is 0 Å². The number of amides is 1. The lowest BCUT2D eigenvalue weighted by Gasteiger charge is -2.19. The Morgan fingerprint density at radius 1 is 1.45 bits per heavy atom. The standard InChI is InChI=1S/C18H28N2O2/c1-13(2)16-5-6-18(22-4)17(9-16)12-20-8-7-15(11-20)10-19-14(3)21/h5-6,9,13,15H,7-8,10-12H2,1-4H3,(H,19,21). The second-order valence-electron chi connectivity index (χ2n) is 6.55. The fraction of sp³-hybridized carbons (Fsp3) is 0.611. The second kappa shape index (κ2) is 7.63. The number of nitrogens with one attached hydrogen (secondary N) is 1. The van der Waals surface area contributed by atoms with Crippen LogP contribution in [0.1, 0.15) is 44.2 Å². The molecule has 1 heterocycles. The van der Waals surface area contributed by atoms with Gasteiger partial charge in [-0.3, -0.25) is 9.69 Å². The van der Waals surface area contributed by atoms with E-state index in [1.54, 1.807) is 14.0 Å². The smallest absolute Gasteiger partial charge is 0.216 e. The van der Waals surface area contributed by atoms with Gasteiger partial charge < -0.3 is 10.1 Å². The quantitative estimate of drug-likeness (QED) is 0.878. The maximum absolute atomic E-state index is 11.0. The lowest BCUT2D eigenvalue weighted by molar-refractivity contribution is -0.119. The molecule has 0 bridgehead atoms. The maximum atomic E-state index is 11.0. The summed E-state index contributed by atoms with van der Waals surface area (Å²) in [5, 5.41) is 2.93. The molecule has 22 heavy (non-hydrogen) atoms. The largest absolute Gasteiger partial charge is 0.496 e. The molecule has 0 aromatic heterocycles. The Bertz CT molecular complexity index is 514. The van der Waals surface area contributed by atoms with Crippen LogP contribution in [-0.2, 0) is 11.3 Å². The molecule has 4 nitrogen and oxygen atoms in total. The van der Waals surface area contributed by atoms with Crippen molar-refractivity contribution in [3.8, 4) is 5.75 Å². The van der Waals surface area contributed by atoms with E-state index in [2.05, 4.69) is 42.3 Å². The molecule has 0 radical (unpaired) electrons. The van der Waals surface area contributed by atoms with Crippen LogP contribution in [0.4, 0.5) is 0 Å². The van der Waals surface area contributed by atoms with Crippen LogP contribution >= 0.6 is 0 Å². The molecule has 4 heteroatoms. The molecule has 2 rings (SSSR count). The summed E-state index contributed by atoms with van der Waals surface area (Å²) >= 11 is 0. The number of carbonyl (C=O) groups excluding carboxylic acids is 1. The Labute approximate surface area is 133 Å². The van der Waals surface area contributed by atoms with Crippen LogP contribution in [-0.4, -0.2) is 37.6 Å². The van der Waals surface area contributed by atoms with E-state index >= 15 is 0 Å². The molecular formula is C18H28N2O2. The second-order valence-corrected chi connectivity index (χ2v) is 6.55. The van der Waals surface area contributed by atoms with Crippen molar-refractivity contribution < 1.29 is 9.53 Å². The van der Waals surface area contributed by atoms with Gasteiger partial charge in [-0.15, -0.1) is 0 Å². The zero-order chi connectivity index (χ0) is 16.1. The Balaban J connectivity index is 1.98. The SMILES string of the molecule is COc1ccc(C(C)C)cc1CN1CCC(CNC(C)=O)C1. The molecule has 1 aromatic carbocycles. The highest BCUT2D eigenvalue weighted by molar-refractivity contribution is 5.72. The third-order valence-electron chi connectivity index (χ3n) is 4.37. The van der Waals surface area contributed by atoms with Crippen molar-refractivity contribution >= 4 is 5.91 Å². The first-order valence-electron chi connectivity index (χ1n) is 8.13. The number of rotatable bonds is 6. The van der Waals surface area contributed by atoms with Gasteiger partial charge in [0.15, 0.2) is 0 Å². The Morgan fingerprint density at radius 3 is 2.86 bits per heavy atom. The topological polar surface area (TPSA) is 41.6 Å². The first-order chi connectivity index (χ1) is 10.5. The van der Waals surface area contributed by atoms with Crippen LogP contribution in [0.15, 0.2) is 18.2 Å². The third-order valence-corrected chi connectivity index (χ3v) is 4.37. The van der Waals surface area contributed by atoms with Crippen LogP contribution in [0.3, 0.4) is 0 Å². The normalized spacial score (nSPS) is 18.7. The van der Waals surface area contributed by atoms with Gasteiger partial charge in [0.05, 0.1) is 7.11 Å². The van der Waals surface area contributed by atoms with Crippen molar-refractivity contribution in [2.45, 2.75) is 39.7 Å². The molecule has 1 fully saturated rings. The van der Waals surface area contributed by atoms with Crippen molar-refractivity contribution in [2.75, 3.05) is 26.7 Å². The molecule has 1 N–H and O–H groups in total. The molecule has 1 amide bonds. The van der Waals surface area contributed by atoms with E-state index in [4.69, 9.17) is 4.74 Å². The minimum atomic E-state index is 0.0600. The predicted octanol–water partition coefficient (Wildman–Crippen LogP) is 2.78. The molecule has 1 aliphatic rings. The Kier molecular flexibility index (Phi) is 5.83. The maximum Gasteiger partial charge on any atom is 0.216 e. The average Bonchev–Trinajstić information content (AvgIpc) is 2.92. The summed E-state index contributed by atoms with van der Waals surface area (Å²) in [4.78, 5) is 13.5. The number of methoxy groups -OCH3 is 1. The van der Waals surface area contributed by atoms with Gasteiger partial charge in [-0.1, -0.05) is 26.0 Å². The first kappa shape index (κ1) is 16.8. The summed E-state index contributed by atoms with van der Waals surface area (Å²) in [7, 11) is 1.73. The Hall–Kier alpha value is -1.55. The van der Waals surface area contributed by atoms with E-state index in [9.17, 15) is 4.79 Å². The van der Waals surface area contributed by atoms with Gasteiger partial charge in [-0.05, 0) is 36.4 Å². The van der Waals surface area contributed by atoms with Crippen molar-refractivity contribution in [3.05, 3.63) is 29.3 Å². The zero-order valence-electron chi connectivity index (χ0n) is 14.2. The summed E-state index contributed by atoms with van der Waals surface area (Å²) in [6.07, 6.45) is 1.15. The lowest BCUT2D eigenvalue weighted by Crippen LogP contribution is -2.29. The fourth-order valence-electron chi connectivity index (χ4n) is 3.03. The van der Waals surface area contributed by atoms with E-state index < -0.39 is 0 Å². The number of nitrogens with zero attached hydrogens (tertiary/aromatic N) is 1. The molecule has 0 aliphatic carbocycles. The molecule has 1 saturated heterocycles. The number of carbonyl (C=O) groups is 1. The van der Waals surface area contributed by atoms with Gasteiger partial charge in [-0.25, -0.2) is 0 Å².